The Hall–Kier alpha value is -4.07. The summed E-state index contributed by atoms with van der Waals surface area (Å²) < 4.78 is 0. The molecule has 3 aromatic heterocycles. The molecular formula is C24H23N7O. The SMILES string of the molecule is Cc1nc(Nc2ccccn2)cc(N2CCN(C(=O)c3ccc4ccccc4n3)CC2)n1. The second kappa shape index (κ2) is 8.58. The van der Waals surface area contributed by atoms with Gasteiger partial charge in [-0.2, -0.15) is 0 Å². The molecule has 1 aliphatic heterocycles. The van der Waals surface area contributed by atoms with Crippen molar-refractivity contribution in [1.82, 2.24) is 24.8 Å². The van der Waals surface area contributed by atoms with E-state index in [1.165, 1.54) is 0 Å². The number of aromatic nitrogens is 4. The molecule has 1 N–H and O–H groups in total. The number of hydrogen-bond acceptors (Lipinski definition) is 7. The van der Waals surface area contributed by atoms with Crippen LogP contribution in [0, 0.1) is 6.92 Å². The lowest BCUT2D eigenvalue weighted by atomic mass is 10.2. The number of para-hydroxylation sites is 1. The molecule has 1 aromatic carbocycles. The second-order valence-electron chi connectivity index (χ2n) is 7.67. The summed E-state index contributed by atoms with van der Waals surface area (Å²) in [7, 11) is 0. The zero-order chi connectivity index (χ0) is 21.9. The summed E-state index contributed by atoms with van der Waals surface area (Å²) >= 11 is 0. The summed E-state index contributed by atoms with van der Waals surface area (Å²) in [6.07, 6.45) is 1.73. The number of benzene rings is 1. The average Bonchev–Trinajstić information content (AvgIpc) is 2.84. The van der Waals surface area contributed by atoms with Crippen molar-refractivity contribution in [1.29, 1.82) is 0 Å². The van der Waals surface area contributed by atoms with E-state index in [1.54, 1.807) is 12.3 Å². The molecule has 32 heavy (non-hydrogen) atoms. The molecule has 1 saturated heterocycles. The summed E-state index contributed by atoms with van der Waals surface area (Å²) in [4.78, 5) is 34.9. The monoisotopic (exact) mass is 425 g/mol. The summed E-state index contributed by atoms with van der Waals surface area (Å²) in [6, 6.07) is 19.2. The molecule has 0 aliphatic carbocycles. The van der Waals surface area contributed by atoms with Crippen molar-refractivity contribution < 1.29 is 4.79 Å². The summed E-state index contributed by atoms with van der Waals surface area (Å²) in [6.45, 7) is 4.48. The van der Waals surface area contributed by atoms with E-state index in [-0.39, 0.29) is 5.91 Å². The fourth-order valence-electron chi connectivity index (χ4n) is 3.83. The van der Waals surface area contributed by atoms with Crippen LogP contribution < -0.4 is 10.2 Å². The zero-order valence-corrected chi connectivity index (χ0v) is 17.8. The maximum atomic E-state index is 13.0. The van der Waals surface area contributed by atoms with Crippen LogP contribution in [0.1, 0.15) is 16.3 Å². The van der Waals surface area contributed by atoms with Crippen molar-refractivity contribution in [3.05, 3.63) is 78.4 Å². The number of nitrogens with zero attached hydrogens (tertiary/aromatic N) is 6. The number of piperazine rings is 1. The number of carbonyl (C=O) groups is 1. The molecule has 0 bridgehead atoms. The largest absolute Gasteiger partial charge is 0.353 e. The standard InChI is InChI=1S/C24H23N7O/c1-17-26-22(29-21-8-4-5-11-25-21)16-23(27-17)30-12-14-31(15-13-30)24(32)20-10-9-18-6-2-3-7-19(18)28-20/h2-11,16H,12-15H2,1H3,(H,25,26,27,29). The second-order valence-corrected chi connectivity index (χ2v) is 7.67. The Morgan fingerprint density at radius 3 is 2.50 bits per heavy atom. The molecule has 0 spiro atoms. The van der Waals surface area contributed by atoms with Crippen molar-refractivity contribution in [2.75, 3.05) is 36.4 Å². The third-order valence-electron chi connectivity index (χ3n) is 5.45. The molecule has 4 aromatic rings. The van der Waals surface area contributed by atoms with Gasteiger partial charge in [-0.1, -0.05) is 30.3 Å². The number of nitrogens with one attached hydrogen (secondary N) is 1. The van der Waals surface area contributed by atoms with Gasteiger partial charge in [0.1, 0.15) is 29.0 Å². The zero-order valence-electron chi connectivity index (χ0n) is 17.8. The topological polar surface area (TPSA) is 87.1 Å². The van der Waals surface area contributed by atoms with Crippen molar-refractivity contribution in [2.45, 2.75) is 6.92 Å². The highest BCUT2D eigenvalue weighted by Crippen LogP contribution is 2.21. The van der Waals surface area contributed by atoms with E-state index in [2.05, 4.69) is 30.2 Å². The van der Waals surface area contributed by atoms with Crippen LogP contribution in [0.3, 0.4) is 0 Å². The van der Waals surface area contributed by atoms with Crippen LogP contribution in [-0.2, 0) is 0 Å². The van der Waals surface area contributed by atoms with Gasteiger partial charge in [0.05, 0.1) is 5.52 Å². The first-order valence-electron chi connectivity index (χ1n) is 10.6. The summed E-state index contributed by atoms with van der Waals surface area (Å²) in [5, 5.41) is 4.26. The van der Waals surface area contributed by atoms with Crippen molar-refractivity contribution >= 4 is 34.3 Å². The van der Waals surface area contributed by atoms with Gasteiger partial charge in [0.15, 0.2) is 0 Å². The van der Waals surface area contributed by atoms with Gasteiger partial charge in [-0.15, -0.1) is 0 Å². The Kier molecular flexibility index (Phi) is 5.33. The van der Waals surface area contributed by atoms with E-state index < -0.39 is 0 Å². The molecule has 0 atom stereocenters. The third kappa shape index (κ3) is 4.20. The molecule has 8 nitrogen and oxygen atoms in total. The lowest BCUT2D eigenvalue weighted by molar-refractivity contribution is 0.0741. The summed E-state index contributed by atoms with van der Waals surface area (Å²) in [5.41, 5.74) is 1.32. The van der Waals surface area contributed by atoms with E-state index in [4.69, 9.17) is 0 Å². The van der Waals surface area contributed by atoms with Crippen molar-refractivity contribution in [3.63, 3.8) is 0 Å². The molecule has 1 aliphatic rings. The number of carbonyl (C=O) groups excluding carboxylic acids is 1. The number of amides is 1. The third-order valence-corrected chi connectivity index (χ3v) is 5.45. The van der Waals surface area contributed by atoms with Crippen molar-refractivity contribution in [2.24, 2.45) is 0 Å². The quantitative estimate of drug-likeness (QED) is 0.536. The predicted octanol–water partition coefficient (Wildman–Crippen LogP) is 3.43. The van der Waals surface area contributed by atoms with Gasteiger partial charge >= 0.3 is 0 Å². The molecule has 160 valence electrons. The van der Waals surface area contributed by atoms with Crippen molar-refractivity contribution in [3.8, 4) is 0 Å². The number of pyridine rings is 2. The summed E-state index contributed by atoms with van der Waals surface area (Å²) in [5.74, 6) is 2.92. The highest BCUT2D eigenvalue weighted by atomic mass is 16.2. The molecule has 1 fully saturated rings. The molecule has 4 heterocycles. The van der Waals surface area contributed by atoms with Crippen LogP contribution in [0.15, 0.2) is 66.9 Å². The molecule has 8 heteroatoms. The first kappa shape index (κ1) is 19.9. The molecule has 0 radical (unpaired) electrons. The molecular weight excluding hydrogens is 402 g/mol. The average molecular weight is 425 g/mol. The van der Waals surface area contributed by atoms with Gasteiger partial charge < -0.3 is 15.1 Å². The molecule has 5 rings (SSSR count). The van der Waals surface area contributed by atoms with Gasteiger partial charge in [0, 0.05) is 43.8 Å². The van der Waals surface area contributed by atoms with Crippen LogP contribution >= 0.6 is 0 Å². The lowest BCUT2D eigenvalue weighted by Crippen LogP contribution is -2.49. The molecule has 1 amide bonds. The van der Waals surface area contributed by atoms with Gasteiger partial charge in [-0.05, 0) is 31.2 Å². The minimum atomic E-state index is -0.0354. The van der Waals surface area contributed by atoms with E-state index in [0.717, 1.165) is 22.5 Å². The maximum absolute atomic E-state index is 13.0. The number of hydrogen-bond donors (Lipinski definition) is 1. The number of anilines is 3. The van der Waals surface area contributed by atoms with Crippen LogP contribution in [0.4, 0.5) is 17.5 Å². The van der Waals surface area contributed by atoms with Crippen LogP contribution in [0.25, 0.3) is 10.9 Å². The Morgan fingerprint density at radius 2 is 1.69 bits per heavy atom. The minimum Gasteiger partial charge on any atom is -0.353 e. The van der Waals surface area contributed by atoms with Gasteiger partial charge in [0.25, 0.3) is 5.91 Å². The van der Waals surface area contributed by atoms with Crippen LogP contribution in [0.2, 0.25) is 0 Å². The van der Waals surface area contributed by atoms with E-state index in [0.29, 0.717) is 43.5 Å². The predicted molar refractivity (Wildman–Crippen MR) is 124 cm³/mol. The number of rotatable bonds is 4. The lowest BCUT2D eigenvalue weighted by Gasteiger charge is -2.35. The fraction of sp³-hybridized carbons (Fsp3) is 0.208. The number of aryl methyl sites for hydroxylation is 1. The molecule has 0 unspecified atom stereocenters. The minimum absolute atomic E-state index is 0.0354. The fourth-order valence-corrected chi connectivity index (χ4v) is 3.83. The van der Waals surface area contributed by atoms with E-state index >= 15 is 0 Å². The molecule has 0 saturated carbocycles. The first-order valence-corrected chi connectivity index (χ1v) is 10.6. The first-order chi connectivity index (χ1) is 15.7. The smallest absolute Gasteiger partial charge is 0.272 e. The highest BCUT2D eigenvalue weighted by molar-refractivity contribution is 5.95. The Balaban J connectivity index is 1.27. The highest BCUT2D eigenvalue weighted by Gasteiger charge is 2.24. The Morgan fingerprint density at radius 1 is 0.875 bits per heavy atom. The normalized spacial score (nSPS) is 13.9. The van der Waals surface area contributed by atoms with Gasteiger partial charge in [-0.3, -0.25) is 4.79 Å². The van der Waals surface area contributed by atoms with Crippen LogP contribution in [0.5, 0.6) is 0 Å². The Bertz CT molecular complexity index is 1250. The van der Waals surface area contributed by atoms with Gasteiger partial charge in [0.2, 0.25) is 0 Å². The van der Waals surface area contributed by atoms with E-state index in [9.17, 15) is 4.79 Å². The van der Waals surface area contributed by atoms with Gasteiger partial charge in [-0.25, -0.2) is 19.9 Å². The van der Waals surface area contributed by atoms with Crippen LogP contribution in [-0.4, -0.2) is 56.9 Å². The van der Waals surface area contributed by atoms with E-state index in [1.807, 2.05) is 66.4 Å². The maximum Gasteiger partial charge on any atom is 0.272 e. The number of fused-ring (bicyclic) bond motifs is 1. The Labute approximate surface area is 186 Å².